The Morgan fingerprint density at radius 3 is 1.45 bits per heavy atom. The van der Waals surface area contributed by atoms with Gasteiger partial charge in [-0.2, -0.15) is 0 Å². The molecule has 4 heteroatoms. The Kier molecular flexibility index (Phi) is 6.65. The minimum Gasteiger partial charge on any atom is -0.208 e. The molecule has 9 aromatic rings. The van der Waals surface area contributed by atoms with Gasteiger partial charge in [0.1, 0.15) is 0 Å². The van der Waals surface area contributed by atoms with Crippen LogP contribution in [0.1, 0.15) is 0 Å². The van der Waals surface area contributed by atoms with Gasteiger partial charge in [0.25, 0.3) is 0 Å². The Hall–Kier alpha value is -5.97. The first kappa shape index (κ1) is 27.3. The molecule has 0 saturated carbocycles. The van der Waals surface area contributed by atoms with Gasteiger partial charge in [0, 0.05) is 15.8 Å². The van der Waals surface area contributed by atoms with Gasteiger partial charge in [-0.3, -0.25) is 0 Å². The Labute approximate surface area is 276 Å². The number of fused-ring (bicyclic) bond motifs is 3. The van der Waals surface area contributed by atoms with Crippen LogP contribution >= 0.6 is 11.3 Å². The van der Waals surface area contributed by atoms with Crippen molar-refractivity contribution in [1.82, 2.24) is 15.0 Å². The molecule has 0 bridgehead atoms. The van der Waals surface area contributed by atoms with Crippen molar-refractivity contribution in [2.45, 2.75) is 0 Å². The molecule has 0 N–H and O–H groups in total. The Morgan fingerprint density at radius 1 is 0.340 bits per heavy atom. The van der Waals surface area contributed by atoms with Crippen LogP contribution in [0.25, 0.3) is 87.4 Å². The van der Waals surface area contributed by atoms with E-state index < -0.39 is 0 Å². The summed E-state index contributed by atoms with van der Waals surface area (Å²) in [5.74, 6) is 2.00. The van der Waals surface area contributed by atoms with Crippen LogP contribution in [0.5, 0.6) is 0 Å². The fraction of sp³-hybridized carbons (Fsp3) is 0. The lowest BCUT2D eigenvalue weighted by Gasteiger charge is -2.17. The highest BCUT2D eigenvalue weighted by Gasteiger charge is 2.21. The second-order valence-corrected chi connectivity index (χ2v) is 12.7. The monoisotopic (exact) mass is 617 g/mol. The second kappa shape index (κ2) is 11.4. The third kappa shape index (κ3) is 4.87. The predicted octanol–water partition coefficient (Wildman–Crippen LogP) is 11.7. The molecule has 220 valence electrons. The molecule has 2 heterocycles. The lowest BCUT2D eigenvalue weighted by molar-refractivity contribution is 1.08. The summed E-state index contributed by atoms with van der Waals surface area (Å²) in [6.07, 6.45) is 0. The van der Waals surface area contributed by atoms with Gasteiger partial charge in [-0.15, -0.1) is 11.3 Å². The van der Waals surface area contributed by atoms with Crippen molar-refractivity contribution >= 4 is 43.0 Å². The largest absolute Gasteiger partial charge is 0.208 e. The summed E-state index contributed by atoms with van der Waals surface area (Å²) < 4.78 is 1.21. The Morgan fingerprint density at radius 2 is 0.809 bits per heavy atom. The summed E-state index contributed by atoms with van der Waals surface area (Å²) in [6.45, 7) is 0. The summed E-state index contributed by atoms with van der Waals surface area (Å²) in [5, 5.41) is 5.76. The minimum absolute atomic E-state index is 0.655. The second-order valence-electron chi connectivity index (χ2n) is 11.6. The first-order chi connectivity index (χ1) is 23.3. The number of nitrogens with zero attached hydrogens (tertiary/aromatic N) is 3. The highest BCUT2D eigenvalue weighted by atomic mass is 32.1. The Balaban J connectivity index is 1.31. The standard InChI is InChI=1S/C43H27N3S/c1-3-13-28(14-4-1)29-23-25-31(26-24-29)41-44-42(38-27-32-17-7-12-22-37(32)47-38)46-43(45-41)40-35-20-10-8-18-33(35)39(30-15-5-2-6-16-30)34-19-9-11-21-36(34)40/h1-27H. The molecule has 47 heavy (non-hydrogen) atoms. The molecule has 0 aliphatic heterocycles. The van der Waals surface area contributed by atoms with Crippen LogP contribution in [0.15, 0.2) is 164 Å². The molecule has 0 aliphatic rings. The molecule has 3 nitrogen and oxygen atoms in total. The molecule has 0 unspecified atom stereocenters. The topological polar surface area (TPSA) is 38.7 Å². The molecule has 2 aromatic heterocycles. The van der Waals surface area contributed by atoms with Crippen LogP contribution in [0.3, 0.4) is 0 Å². The molecule has 0 fully saturated rings. The van der Waals surface area contributed by atoms with E-state index >= 15 is 0 Å². The van der Waals surface area contributed by atoms with Crippen molar-refractivity contribution in [1.29, 1.82) is 0 Å². The van der Waals surface area contributed by atoms with Crippen molar-refractivity contribution in [3.05, 3.63) is 164 Å². The predicted molar refractivity (Wildman–Crippen MR) is 197 cm³/mol. The fourth-order valence-corrected chi connectivity index (χ4v) is 7.54. The van der Waals surface area contributed by atoms with E-state index in [4.69, 9.17) is 15.0 Å². The highest BCUT2D eigenvalue weighted by Crippen LogP contribution is 2.43. The van der Waals surface area contributed by atoms with Crippen molar-refractivity contribution < 1.29 is 0 Å². The SMILES string of the molecule is c1ccc(-c2ccc(-c3nc(-c4cc5ccccc5s4)nc(-c4c5ccccc5c(-c5ccccc5)c5ccccc45)n3)cc2)cc1. The average Bonchev–Trinajstić information content (AvgIpc) is 3.59. The van der Waals surface area contributed by atoms with Crippen LogP contribution in [0.4, 0.5) is 0 Å². The number of rotatable bonds is 5. The maximum absolute atomic E-state index is 5.25. The molecule has 0 atom stereocenters. The number of thiophene rings is 1. The first-order valence-electron chi connectivity index (χ1n) is 15.7. The third-order valence-corrected chi connectivity index (χ3v) is 9.86. The number of hydrogen-bond acceptors (Lipinski definition) is 4. The van der Waals surface area contributed by atoms with Crippen molar-refractivity contribution in [3.8, 4) is 55.7 Å². The molecule has 0 amide bonds. The summed E-state index contributed by atoms with van der Waals surface area (Å²) in [5.41, 5.74) is 6.70. The zero-order valence-electron chi connectivity index (χ0n) is 25.3. The van der Waals surface area contributed by atoms with E-state index in [0.717, 1.165) is 32.3 Å². The van der Waals surface area contributed by atoms with Crippen molar-refractivity contribution in [3.63, 3.8) is 0 Å². The van der Waals surface area contributed by atoms with Crippen molar-refractivity contribution in [2.75, 3.05) is 0 Å². The van der Waals surface area contributed by atoms with E-state index in [1.165, 1.54) is 37.5 Å². The quantitative estimate of drug-likeness (QED) is 0.180. The summed E-state index contributed by atoms with van der Waals surface area (Å²) in [6, 6.07) is 57.5. The third-order valence-electron chi connectivity index (χ3n) is 8.75. The van der Waals surface area contributed by atoms with Crippen molar-refractivity contribution in [2.24, 2.45) is 0 Å². The van der Waals surface area contributed by atoms with Crippen LogP contribution in [-0.4, -0.2) is 15.0 Å². The smallest absolute Gasteiger partial charge is 0.174 e. The molecule has 0 aliphatic carbocycles. The van der Waals surface area contributed by atoms with Gasteiger partial charge in [0.2, 0.25) is 0 Å². The molecule has 0 saturated heterocycles. The normalized spacial score (nSPS) is 11.4. The summed E-state index contributed by atoms with van der Waals surface area (Å²) in [4.78, 5) is 16.6. The van der Waals surface area contributed by atoms with E-state index in [1.54, 1.807) is 11.3 Å². The summed E-state index contributed by atoms with van der Waals surface area (Å²) >= 11 is 1.71. The highest BCUT2D eigenvalue weighted by molar-refractivity contribution is 7.22. The van der Waals surface area contributed by atoms with Gasteiger partial charge in [0.15, 0.2) is 17.5 Å². The lowest BCUT2D eigenvalue weighted by Crippen LogP contribution is -2.01. The maximum atomic E-state index is 5.25. The molecule has 7 aromatic carbocycles. The van der Waals surface area contributed by atoms with E-state index in [1.807, 2.05) is 6.07 Å². The van der Waals surface area contributed by atoms with Crippen LogP contribution < -0.4 is 0 Å². The van der Waals surface area contributed by atoms with E-state index in [0.29, 0.717) is 17.5 Å². The van der Waals surface area contributed by atoms with Gasteiger partial charge in [0.05, 0.1) is 4.88 Å². The zero-order valence-corrected chi connectivity index (χ0v) is 26.2. The van der Waals surface area contributed by atoms with Gasteiger partial charge < -0.3 is 0 Å². The first-order valence-corrected chi connectivity index (χ1v) is 16.5. The fourth-order valence-electron chi connectivity index (χ4n) is 6.55. The van der Waals surface area contributed by atoms with Gasteiger partial charge in [-0.1, -0.05) is 152 Å². The molecular weight excluding hydrogens is 591 g/mol. The molecule has 9 rings (SSSR count). The van der Waals surface area contributed by atoms with Crippen LogP contribution in [-0.2, 0) is 0 Å². The molecule has 0 radical (unpaired) electrons. The number of benzene rings is 7. The number of hydrogen-bond donors (Lipinski definition) is 0. The van der Waals surface area contributed by atoms with E-state index in [2.05, 4.69) is 158 Å². The maximum Gasteiger partial charge on any atom is 0.174 e. The van der Waals surface area contributed by atoms with Gasteiger partial charge >= 0.3 is 0 Å². The minimum atomic E-state index is 0.655. The van der Waals surface area contributed by atoms with Crippen LogP contribution in [0.2, 0.25) is 0 Å². The Bertz CT molecular complexity index is 2460. The summed E-state index contributed by atoms with van der Waals surface area (Å²) in [7, 11) is 0. The van der Waals surface area contributed by atoms with Crippen LogP contribution in [0, 0.1) is 0 Å². The lowest BCUT2D eigenvalue weighted by atomic mass is 9.88. The zero-order chi connectivity index (χ0) is 31.2. The van der Waals surface area contributed by atoms with Gasteiger partial charge in [-0.05, 0) is 61.3 Å². The van der Waals surface area contributed by atoms with E-state index in [-0.39, 0.29) is 0 Å². The molecule has 0 spiro atoms. The average molecular weight is 618 g/mol. The molecular formula is C43H27N3S. The number of aromatic nitrogens is 3. The van der Waals surface area contributed by atoms with Gasteiger partial charge in [-0.25, -0.2) is 15.0 Å². The van der Waals surface area contributed by atoms with E-state index in [9.17, 15) is 0 Å².